The summed E-state index contributed by atoms with van der Waals surface area (Å²) in [6.07, 6.45) is 2.51. The van der Waals surface area contributed by atoms with Crippen molar-refractivity contribution in [1.29, 1.82) is 0 Å². The van der Waals surface area contributed by atoms with Crippen molar-refractivity contribution in [2.24, 2.45) is 17.6 Å². The third kappa shape index (κ3) is 9.76. The molecule has 5 rings (SSSR count). The molecule has 5 N–H and O–H groups in total. The van der Waals surface area contributed by atoms with Crippen LogP contribution in [-0.4, -0.2) is 87.3 Å². The van der Waals surface area contributed by atoms with E-state index >= 15 is 0 Å². The molecule has 0 radical (unpaired) electrons. The maximum atomic E-state index is 13.8. The normalized spacial score (nSPS) is 20.0. The van der Waals surface area contributed by atoms with Gasteiger partial charge in [0.25, 0.3) is 5.91 Å². The number of primary amides is 1. The highest BCUT2D eigenvalue weighted by atomic mass is 16.6. The monoisotopic (exact) mass is 672 g/mol. The van der Waals surface area contributed by atoms with E-state index in [9.17, 15) is 24.3 Å². The van der Waals surface area contributed by atoms with Crippen molar-refractivity contribution in [2.45, 2.75) is 83.1 Å². The molecule has 1 aliphatic carbocycles. The Bertz CT molecular complexity index is 1630. The molecular formula is C37H48N6O6. The van der Waals surface area contributed by atoms with Gasteiger partial charge in [0, 0.05) is 25.0 Å². The number of rotatable bonds is 11. The summed E-state index contributed by atoms with van der Waals surface area (Å²) >= 11 is 0. The minimum Gasteiger partial charge on any atom is -0.443 e. The first-order valence-electron chi connectivity index (χ1n) is 17.1. The summed E-state index contributed by atoms with van der Waals surface area (Å²) < 4.78 is 5.76. The molecule has 2 fully saturated rings. The summed E-state index contributed by atoms with van der Waals surface area (Å²) in [4.78, 5) is 57.0. The molecule has 1 saturated carbocycles. The van der Waals surface area contributed by atoms with Gasteiger partial charge in [-0.3, -0.25) is 14.4 Å². The summed E-state index contributed by atoms with van der Waals surface area (Å²) in [5.41, 5.74) is 6.35. The Kier molecular flexibility index (Phi) is 11.5. The summed E-state index contributed by atoms with van der Waals surface area (Å²) in [7, 11) is 0. The second-order valence-electron chi connectivity index (χ2n) is 14.2. The van der Waals surface area contributed by atoms with Crippen LogP contribution in [0.4, 0.5) is 4.79 Å². The molecule has 3 aromatic rings. The fourth-order valence-corrected chi connectivity index (χ4v) is 6.76. The smallest absolute Gasteiger partial charge is 0.424 e. The largest absolute Gasteiger partial charge is 0.443 e. The van der Waals surface area contributed by atoms with Crippen LogP contribution in [0.25, 0.3) is 10.9 Å². The average Bonchev–Trinajstić information content (AvgIpc) is 3.06. The molecule has 1 aliphatic heterocycles. The van der Waals surface area contributed by atoms with Crippen LogP contribution in [0.3, 0.4) is 0 Å². The summed E-state index contributed by atoms with van der Waals surface area (Å²) in [5.74, 6) is -1.38. The standard InChI is InChI=1S/C37H48N6O6/c1-37(2,3)49-36(48)43-22-27-15-8-7-14-26(27)21-42(43)23-32(44)30(19-24-11-5-4-6-12-24)40-35(47)31(20-33(38)45)41-34(46)29-18-17-25-13-9-10-16-28(25)39-29/h4-6,9-13,16-18,26-27,30-32,44H,7-8,14-15,19-23H2,1-3H3,(H2,38,45)(H,40,47)(H,41,46)/t26?,27?,30-,31-,32?/m0/s1. The molecule has 3 unspecified atom stereocenters. The third-order valence-corrected chi connectivity index (χ3v) is 9.21. The number of benzene rings is 2. The van der Waals surface area contributed by atoms with Gasteiger partial charge >= 0.3 is 6.09 Å². The van der Waals surface area contributed by atoms with E-state index in [0.29, 0.717) is 30.4 Å². The number of fused-ring (bicyclic) bond motifs is 2. The lowest BCUT2D eigenvalue weighted by atomic mass is 9.77. The van der Waals surface area contributed by atoms with E-state index in [1.165, 1.54) is 0 Å². The molecule has 2 heterocycles. The molecule has 12 heteroatoms. The minimum atomic E-state index is -1.32. The number of nitrogens with two attached hydrogens (primary N) is 1. The van der Waals surface area contributed by atoms with E-state index < -0.39 is 54.0 Å². The van der Waals surface area contributed by atoms with Gasteiger partial charge in [-0.2, -0.15) is 0 Å². The van der Waals surface area contributed by atoms with E-state index in [2.05, 4.69) is 15.6 Å². The van der Waals surface area contributed by atoms with E-state index in [-0.39, 0.29) is 18.7 Å². The molecule has 1 aromatic heterocycles. The van der Waals surface area contributed by atoms with Crippen molar-refractivity contribution < 1.29 is 29.0 Å². The molecule has 5 atom stereocenters. The maximum absolute atomic E-state index is 13.8. The third-order valence-electron chi connectivity index (χ3n) is 9.21. The number of aliphatic hydroxyl groups is 1. The van der Waals surface area contributed by atoms with Crippen LogP contribution in [0, 0.1) is 11.8 Å². The van der Waals surface area contributed by atoms with Crippen LogP contribution >= 0.6 is 0 Å². The van der Waals surface area contributed by atoms with Crippen LogP contribution in [0.15, 0.2) is 66.7 Å². The molecule has 0 spiro atoms. The number of β-amino-alcohol motifs (C(OH)–C–C–N with tert-alkyl or cyclic N) is 1. The molecule has 49 heavy (non-hydrogen) atoms. The SMILES string of the molecule is CC(C)(C)OC(=O)N1CC2CCCCC2CN1CC(O)[C@H](Cc1ccccc1)NC(=O)[C@H](CC(N)=O)NC(=O)c1ccc2ccccc2n1. The average molecular weight is 673 g/mol. The molecule has 2 aromatic carbocycles. The second-order valence-corrected chi connectivity index (χ2v) is 14.2. The van der Waals surface area contributed by atoms with Crippen molar-refractivity contribution >= 4 is 34.7 Å². The Morgan fingerprint density at radius 2 is 1.61 bits per heavy atom. The number of nitrogens with zero attached hydrogens (tertiary/aromatic N) is 3. The van der Waals surface area contributed by atoms with Gasteiger partial charge in [-0.05, 0) is 69.6 Å². The number of ether oxygens (including phenoxy) is 1. The summed E-state index contributed by atoms with van der Waals surface area (Å²) in [6.45, 7) is 6.58. The zero-order chi connectivity index (χ0) is 35.1. The minimum absolute atomic E-state index is 0.0497. The van der Waals surface area contributed by atoms with Crippen LogP contribution in [0.2, 0.25) is 0 Å². The Morgan fingerprint density at radius 3 is 2.31 bits per heavy atom. The van der Waals surface area contributed by atoms with Gasteiger partial charge in [-0.15, -0.1) is 0 Å². The van der Waals surface area contributed by atoms with Crippen LogP contribution in [0.1, 0.15) is 68.9 Å². The summed E-state index contributed by atoms with van der Waals surface area (Å²) in [6, 6.07) is 17.8. The number of aliphatic hydroxyl groups excluding tert-OH is 1. The molecule has 1 saturated heterocycles. The first-order valence-corrected chi connectivity index (χ1v) is 17.1. The van der Waals surface area contributed by atoms with Crippen molar-refractivity contribution in [1.82, 2.24) is 25.6 Å². The fraction of sp³-hybridized carbons (Fsp3) is 0.486. The van der Waals surface area contributed by atoms with Gasteiger partial charge < -0.3 is 26.2 Å². The van der Waals surface area contributed by atoms with Crippen molar-refractivity contribution in [3.63, 3.8) is 0 Å². The van der Waals surface area contributed by atoms with Gasteiger partial charge in [-0.1, -0.05) is 67.4 Å². The Morgan fingerprint density at radius 1 is 0.939 bits per heavy atom. The van der Waals surface area contributed by atoms with E-state index in [1.807, 2.05) is 74.3 Å². The number of hydrazine groups is 1. The van der Waals surface area contributed by atoms with Crippen molar-refractivity contribution in [3.05, 3.63) is 78.0 Å². The molecular weight excluding hydrogens is 624 g/mol. The fourth-order valence-electron chi connectivity index (χ4n) is 6.76. The zero-order valence-electron chi connectivity index (χ0n) is 28.5. The number of nitrogens with one attached hydrogen (secondary N) is 2. The number of para-hydroxylation sites is 1. The number of hydrogen-bond acceptors (Lipinski definition) is 8. The number of pyridine rings is 1. The molecule has 12 nitrogen and oxygen atoms in total. The molecule has 4 amide bonds. The van der Waals surface area contributed by atoms with Crippen LogP contribution < -0.4 is 16.4 Å². The predicted octanol–water partition coefficient (Wildman–Crippen LogP) is 3.57. The highest BCUT2D eigenvalue weighted by Crippen LogP contribution is 2.36. The van der Waals surface area contributed by atoms with Crippen LogP contribution in [0.5, 0.6) is 0 Å². The predicted molar refractivity (Wildman–Crippen MR) is 185 cm³/mol. The second kappa shape index (κ2) is 15.8. The number of amides is 4. The number of aromatic nitrogens is 1. The van der Waals surface area contributed by atoms with Gasteiger partial charge in [0.05, 0.1) is 24.1 Å². The molecule has 0 bridgehead atoms. The highest BCUT2D eigenvalue weighted by molar-refractivity contribution is 5.99. The lowest BCUT2D eigenvalue weighted by Gasteiger charge is -2.48. The highest BCUT2D eigenvalue weighted by Gasteiger charge is 2.41. The quantitative estimate of drug-likeness (QED) is 0.240. The van der Waals surface area contributed by atoms with Crippen LogP contribution in [-0.2, 0) is 20.7 Å². The molecule has 2 aliphatic rings. The number of hydrogen-bond donors (Lipinski definition) is 4. The van der Waals surface area contributed by atoms with Crippen molar-refractivity contribution in [2.75, 3.05) is 19.6 Å². The van der Waals surface area contributed by atoms with Crippen molar-refractivity contribution in [3.8, 4) is 0 Å². The Hall–Kier alpha value is -4.55. The van der Waals surface area contributed by atoms with Gasteiger partial charge in [0.2, 0.25) is 11.8 Å². The first kappa shape index (κ1) is 35.7. The van der Waals surface area contributed by atoms with Gasteiger partial charge in [0.1, 0.15) is 17.3 Å². The first-order chi connectivity index (χ1) is 23.4. The lowest BCUT2D eigenvalue weighted by Crippen LogP contribution is -2.62. The maximum Gasteiger partial charge on any atom is 0.424 e. The zero-order valence-corrected chi connectivity index (χ0v) is 28.5. The van der Waals surface area contributed by atoms with E-state index in [0.717, 1.165) is 36.6 Å². The number of carbonyl (C=O) groups is 4. The van der Waals surface area contributed by atoms with Gasteiger partial charge in [-0.25, -0.2) is 19.8 Å². The Labute approximate surface area is 287 Å². The Balaban J connectivity index is 1.35. The molecule has 262 valence electrons. The number of carbonyl (C=O) groups excluding carboxylic acids is 4. The van der Waals surface area contributed by atoms with E-state index in [4.69, 9.17) is 10.5 Å². The van der Waals surface area contributed by atoms with E-state index in [1.54, 1.807) is 23.2 Å². The topological polar surface area (TPSA) is 167 Å². The lowest BCUT2D eigenvalue weighted by molar-refractivity contribution is -0.130. The van der Waals surface area contributed by atoms with Gasteiger partial charge in [0.15, 0.2) is 0 Å². The summed E-state index contributed by atoms with van der Waals surface area (Å²) in [5, 5.41) is 21.6.